The van der Waals surface area contributed by atoms with Crippen LogP contribution in [-0.4, -0.2) is 4.98 Å². The number of aromatic nitrogens is 1. The molecule has 0 saturated heterocycles. The van der Waals surface area contributed by atoms with Gasteiger partial charge < -0.3 is 0 Å². The summed E-state index contributed by atoms with van der Waals surface area (Å²) in [5.41, 5.74) is 10.4. The number of allylic oxidation sites excluding steroid dienone is 2. The lowest BCUT2D eigenvalue weighted by Gasteiger charge is -2.20. The Hall–Kier alpha value is -7.09. The summed E-state index contributed by atoms with van der Waals surface area (Å²) in [6, 6.07) is 65.7. The smallest absolute Gasteiger partial charge is 0.0781 e. The highest BCUT2D eigenvalue weighted by Gasteiger charge is 2.19. The third kappa shape index (κ3) is 6.38. The topological polar surface area (TPSA) is 12.9 Å². The molecule has 1 heterocycles. The first-order valence-corrected chi connectivity index (χ1v) is 19.9. The molecule has 0 N–H and O–H groups in total. The Kier molecular flexibility index (Phi) is 9.50. The lowest BCUT2D eigenvalue weighted by Crippen LogP contribution is -2.24. The van der Waals surface area contributed by atoms with E-state index in [1.165, 1.54) is 76.5 Å². The van der Waals surface area contributed by atoms with Crippen molar-refractivity contribution in [3.8, 4) is 33.5 Å². The summed E-state index contributed by atoms with van der Waals surface area (Å²) < 4.78 is 0. The predicted molar refractivity (Wildman–Crippen MR) is 249 cm³/mol. The molecule has 9 aromatic carbocycles. The molecule has 0 saturated carbocycles. The van der Waals surface area contributed by atoms with Gasteiger partial charge in [0.1, 0.15) is 0 Å². The molecule has 0 fully saturated rings. The molecule has 0 bridgehead atoms. The van der Waals surface area contributed by atoms with Gasteiger partial charge in [-0.1, -0.05) is 202 Å². The molecule has 57 heavy (non-hydrogen) atoms. The molecule has 0 spiro atoms. The van der Waals surface area contributed by atoms with Gasteiger partial charge in [-0.05, 0) is 101 Å². The lowest BCUT2D eigenvalue weighted by molar-refractivity contribution is 1.38. The Morgan fingerprint density at radius 2 is 1.00 bits per heavy atom. The second-order valence-electron chi connectivity index (χ2n) is 14.4. The maximum absolute atomic E-state index is 5.31. The number of hydrogen-bond acceptors (Lipinski definition) is 1. The summed E-state index contributed by atoms with van der Waals surface area (Å²) in [4.78, 5) is 5.31. The van der Waals surface area contributed by atoms with Crippen molar-refractivity contribution < 1.29 is 0 Å². The summed E-state index contributed by atoms with van der Waals surface area (Å²) >= 11 is 0. The van der Waals surface area contributed by atoms with Gasteiger partial charge in [-0.15, -0.1) is 0 Å². The fraction of sp³-hybridized carbons (Fsp3) is 0.0536. The van der Waals surface area contributed by atoms with Gasteiger partial charge in [-0.3, -0.25) is 0 Å². The van der Waals surface area contributed by atoms with Gasteiger partial charge in [-0.2, -0.15) is 0 Å². The van der Waals surface area contributed by atoms with Crippen LogP contribution in [0.1, 0.15) is 26.3 Å². The highest BCUT2D eigenvalue weighted by Crippen LogP contribution is 2.46. The fourth-order valence-corrected chi connectivity index (χ4v) is 8.40. The highest BCUT2D eigenvalue weighted by atomic mass is 14.7. The molecule has 1 nitrogen and oxygen atoms in total. The van der Waals surface area contributed by atoms with Crippen LogP contribution in [0.15, 0.2) is 188 Å². The lowest BCUT2D eigenvalue weighted by atomic mass is 9.84. The molecule has 272 valence electrons. The fourth-order valence-electron chi connectivity index (χ4n) is 8.40. The second kappa shape index (κ2) is 15.2. The number of pyridine rings is 1. The van der Waals surface area contributed by atoms with Crippen LogP contribution in [0.3, 0.4) is 0 Å². The van der Waals surface area contributed by atoms with E-state index in [1.807, 2.05) is 19.9 Å². The largest absolute Gasteiger partial charge is 0.247 e. The molecule has 0 atom stereocenters. The first kappa shape index (κ1) is 35.6. The molecule has 0 aliphatic rings. The van der Waals surface area contributed by atoms with Crippen molar-refractivity contribution in [3.63, 3.8) is 0 Å². The van der Waals surface area contributed by atoms with Gasteiger partial charge >= 0.3 is 0 Å². The van der Waals surface area contributed by atoms with Crippen molar-refractivity contribution in [1.82, 2.24) is 4.98 Å². The van der Waals surface area contributed by atoms with Crippen LogP contribution in [0, 0.1) is 0 Å². The van der Waals surface area contributed by atoms with Gasteiger partial charge in [0, 0.05) is 16.2 Å². The third-order valence-corrected chi connectivity index (χ3v) is 11.2. The maximum atomic E-state index is 5.31. The van der Waals surface area contributed by atoms with E-state index < -0.39 is 0 Å². The SMILES string of the molecule is C=c1/c(=C\C=C(/C)c2ccccc2)ccc2ccc(-c3ccc(-c4c5ccccc5c(-c5ccc6ccccc6c5)c5ccccc45)c4ccccc34)nc12.CC. The summed E-state index contributed by atoms with van der Waals surface area (Å²) in [6.07, 6.45) is 4.32. The second-order valence-corrected chi connectivity index (χ2v) is 14.4. The van der Waals surface area contributed by atoms with Crippen LogP contribution in [0.2, 0.25) is 0 Å². The molecule has 0 radical (unpaired) electrons. The van der Waals surface area contributed by atoms with Gasteiger partial charge in [-0.25, -0.2) is 4.98 Å². The van der Waals surface area contributed by atoms with E-state index in [-0.39, 0.29) is 0 Å². The van der Waals surface area contributed by atoms with Crippen LogP contribution in [0.4, 0.5) is 0 Å². The molecule has 10 rings (SSSR count). The van der Waals surface area contributed by atoms with E-state index in [9.17, 15) is 0 Å². The number of fused-ring (bicyclic) bond motifs is 5. The molecular weight excluding hydrogens is 687 g/mol. The van der Waals surface area contributed by atoms with E-state index in [1.54, 1.807) is 0 Å². The number of nitrogens with zero attached hydrogens (tertiary/aromatic N) is 1. The highest BCUT2D eigenvalue weighted by molar-refractivity contribution is 6.24. The summed E-state index contributed by atoms with van der Waals surface area (Å²) in [6.45, 7) is 10.7. The van der Waals surface area contributed by atoms with Crippen molar-refractivity contribution in [2.45, 2.75) is 20.8 Å². The number of hydrogen-bond donors (Lipinski definition) is 0. The molecule has 0 aliphatic heterocycles. The first-order valence-electron chi connectivity index (χ1n) is 19.9. The van der Waals surface area contributed by atoms with E-state index in [2.05, 4.69) is 202 Å². The van der Waals surface area contributed by atoms with E-state index in [4.69, 9.17) is 4.98 Å². The van der Waals surface area contributed by atoms with Crippen molar-refractivity contribution in [2.24, 2.45) is 0 Å². The van der Waals surface area contributed by atoms with E-state index in [0.717, 1.165) is 32.6 Å². The van der Waals surface area contributed by atoms with Gasteiger partial charge in [0.15, 0.2) is 0 Å². The standard InChI is InChI=1S/C54H37N.C2H6/c1-35(37-14-4-3-5-15-37)24-25-38-26-28-40-30-33-51(55-54(40)36(38)2)45-31-32-50(44-19-9-8-18-43(44)45)53-48-22-12-10-20-46(48)52(47-21-11-13-23-49(47)53)42-29-27-39-16-6-7-17-41(39)34-42;1-2/h3-34H,2H2,1H3;1-2H3/b35-24+,38-25-;. The van der Waals surface area contributed by atoms with E-state index >= 15 is 0 Å². The van der Waals surface area contributed by atoms with E-state index in [0.29, 0.717) is 0 Å². The zero-order valence-electron chi connectivity index (χ0n) is 32.6. The molecular formula is C56H43N. The molecule has 0 amide bonds. The Morgan fingerprint density at radius 1 is 0.474 bits per heavy atom. The predicted octanol–water partition coefficient (Wildman–Crippen LogP) is 14.2. The Balaban J connectivity index is 0.00000208. The average Bonchev–Trinajstić information content (AvgIpc) is 3.28. The van der Waals surface area contributed by atoms with Crippen molar-refractivity contribution >= 4 is 72.2 Å². The van der Waals surface area contributed by atoms with Crippen LogP contribution in [0.5, 0.6) is 0 Å². The summed E-state index contributed by atoms with van der Waals surface area (Å²) in [7, 11) is 0. The van der Waals surface area contributed by atoms with Gasteiger partial charge in [0.25, 0.3) is 0 Å². The molecule has 10 aromatic rings. The van der Waals surface area contributed by atoms with Crippen molar-refractivity contribution in [3.05, 3.63) is 204 Å². The zero-order valence-corrected chi connectivity index (χ0v) is 32.6. The van der Waals surface area contributed by atoms with Crippen LogP contribution in [-0.2, 0) is 0 Å². The quantitative estimate of drug-likeness (QED) is 0.161. The van der Waals surface area contributed by atoms with Gasteiger partial charge in [0.2, 0.25) is 0 Å². The third-order valence-electron chi connectivity index (χ3n) is 11.2. The van der Waals surface area contributed by atoms with Crippen LogP contribution in [0.25, 0.3) is 106 Å². The Labute approximate surface area is 334 Å². The normalized spacial score (nSPS) is 12.1. The molecule has 0 unspecified atom stereocenters. The summed E-state index contributed by atoms with van der Waals surface area (Å²) in [5.74, 6) is 0. The van der Waals surface area contributed by atoms with Crippen molar-refractivity contribution in [2.75, 3.05) is 0 Å². The number of benzene rings is 9. The molecule has 1 heteroatoms. The van der Waals surface area contributed by atoms with Crippen LogP contribution < -0.4 is 10.4 Å². The minimum absolute atomic E-state index is 0.923. The first-order chi connectivity index (χ1) is 28.1. The zero-order chi connectivity index (χ0) is 38.9. The Morgan fingerprint density at radius 3 is 1.68 bits per heavy atom. The van der Waals surface area contributed by atoms with Gasteiger partial charge in [0.05, 0.1) is 11.2 Å². The number of rotatable bonds is 5. The monoisotopic (exact) mass is 729 g/mol. The summed E-state index contributed by atoms with van der Waals surface area (Å²) in [5, 5.41) is 12.9. The minimum atomic E-state index is 0.923. The molecule has 0 aliphatic carbocycles. The maximum Gasteiger partial charge on any atom is 0.0781 e. The Bertz CT molecular complexity index is 3220. The minimum Gasteiger partial charge on any atom is -0.247 e. The molecule has 1 aromatic heterocycles. The van der Waals surface area contributed by atoms with Crippen LogP contribution >= 0.6 is 0 Å². The van der Waals surface area contributed by atoms with Crippen molar-refractivity contribution in [1.29, 1.82) is 0 Å². The average molecular weight is 730 g/mol.